The molecule has 1 aliphatic heterocycles. The van der Waals surface area contributed by atoms with Crippen molar-refractivity contribution in [3.8, 4) is 5.75 Å². The Morgan fingerprint density at radius 3 is 2.71 bits per heavy atom. The van der Waals surface area contributed by atoms with E-state index in [1.807, 2.05) is 4.90 Å². The van der Waals surface area contributed by atoms with Crippen LogP contribution in [0.25, 0.3) is 10.9 Å². The van der Waals surface area contributed by atoms with Gasteiger partial charge in [-0.3, -0.25) is 15.1 Å². The van der Waals surface area contributed by atoms with Gasteiger partial charge in [-0.05, 0) is 25.3 Å². The number of rotatable bonds is 2. The highest BCUT2D eigenvalue weighted by Crippen LogP contribution is 2.39. The Hall–Kier alpha value is -2.44. The van der Waals surface area contributed by atoms with E-state index in [1.54, 1.807) is 6.07 Å². The third kappa shape index (κ3) is 2.24. The molecule has 1 aliphatic rings. The molecule has 0 amide bonds. The Morgan fingerprint density at radius 1 is 1.33 bits per heavy atom. The van der Waals surface area contributed by atoms with Crippen LogP contribution in [0.3, 0.4) is 0 Å². The lowest BCUT2D eigenvalue weighted by Gasteiger charge is -2.29. The van der Waals surface area contributed by atoms with Crippen molar-refractivity contribution < 1.29 is 14.4 Å². The summed E-state index contributed by atoms with van der Waals surface area (Å²) in [4.78, 5) is 16.0. The van der Waals surface area contributed by atoms with Crippen molar-refractivity contribution in [2.75, 3.05) is 18.0 Å². The Labute approximate surface area is 120 Å². The second-order valence-electron chi connectivity index (χ2n) is 5.08. The van der Waals surface area contributed by atoms with E-state index in [0.29, 0.717) is 5.69 Å². The first-order valence-corrected chi connectivity index (χ1v) is 6.79. The van der Waals surface area contributed by atoms with Gasteiger partial charge in [-0.25, -0.2) is 4.39 Å². The number of nitrogens with zero attached hydrogens (tertiary/aromatic N) is 3. The zero-order valence-electron chi connectivity index (χ0n) is 11.3. The number of fused-ring (bicyclic) bond motifs is 1. The standard InChI is InChI=1S/C14H14FN3O3/c15-9-8-11(18(20)21)14(19)13-12(9)10(4-5-16-13)17-6-2-1-3-7-17/h4-5,8,19H,1-3,6-7H2. The minimum absolute atomic E-state index is 0.0650. The summed E-state index contributed by atoms with van der Waals surface area (Å²) < 4.78 is 14.3. The van der Waals surface area contributed by atoms with E-state index >= 15 is 0 Å². The lowest BCUT2D eigenvalue weighted by Crippen LogP contribution is -2.29. The Morgan fingerprint density at radius 2 is 2.05 bits per heavy atom. The molecule has 21 heavy (non-hydrogen) atoms. The van der Waals surface area contributed by atoms with Gasteiger partial charge in [0.15, 0.2) is 0 Å². The van der Waals surface area contributed by atoms with Crippen LogP contribution >= 0.6 is 0 Å². The fraction of sp³-hybridized carbons (Fsp3) is 0.357. The zero-order valence-corrected chi connectivity index (χ0v) is 11.3. The van der Waals surface area contributed by atoms with Crippen LogP contribution in [0.4, 0.5) is 15.8 Å². The van der Waals surface area contributed by atoms with Crippen LogP contribution in [0.5, 0.6) is 5.75 Å². The quantitative estimate of drug-likeness (QED) is 0.679. The topological polar surface area (TPSA) is 79.5 Å². The van der Waals surface area contributed by atoms with Crippen molar-refractivity contribution in [2.24, 2.45) is 0 Å². The first-order valence-electron chi connectivity index (χ1n) is 6.79. The number of nitro benzene ring substituents is 1. The molecule has 0 aliphatic carbocycles. The number of aromatic nitrogens is 1. The lowest BCUT2D eigenvalue weighted by atomic mass is 10.1. The number of anilines is 1. The number of phenolic OH excluding ortho intramolecular Hbond substituents is 1. The monoisotopic (exact) mass is 291 g/mol. The van der Waals surface area contributed by atoms with E-state index in [9.17, 15) is 19.6 Å². The summed E-state index contributed by atoms with van der Waals surface area (Å²) in [6.07, 6.45) is 4.61. The van der Waals surface area contributed by atoms with Gasteiger partial charge in [0.25, 0.3) is 0 Å². The normalized spacial score (nSPS) is 15.4. The van der Waals surface area contributed by atoms with Gasteiger partial charge in [-0.15, -0.1) is 0 Å². The molecule has 3 rings (SSSR count). The van der Waals surface area contributed by atoms with Gasteiger partial charge in [-0.1, -0.05) is 0 Å². The van der Waals surface area contributed by atoms with Crippen molar-refractivity contribution >= 4 is 22.3 Å². The van der Waals surface area contributed by atoms with Crippen LogP contribution in [-0.2, 0) is 0 Å². The lowest BCUT2D eigenvalue weighted by molar-refractivity contribution is -0.385. The number of pyridine rings is 1. The third-order valence-electron chi connectivity index (χ3n) is 3.79. The van der Waals surface area contributed by atoms with Gasteiger partial charge in [0.05, 0.1) is 22.1 Å². The molecule has 0 atom stereocenters. The number of aromatic hydroxyl groups is 1. The maximum atomic E-state index is 14.3. The number of hydrogen-bond donors (Lipinski definition) is 1. The van der Waals surface area contributed by atoms with Crippen LogP contribution in [0.15, 0.2) is 18.3 Å². The van der Waals surface area contributed by atoms with Crippen molar-refractivity contribution in [3.63, 3.8) is 0 Å². The maximum absolute atomic E-state index is 14.3. The second kappa shape index (κ2) is 5.16. The van der Waals surface area contributed by atoms with Crippen LogP contribution < -0.4 is 4.90 Å². The molecule has 0 radical (unpaired) electrons. The van der Waals surface area contributed by atoms with Crippen LogP contribution in [0, 0.1) is 15.9 Å². The smallest absolute Gasteiger partial charge is 0.315 e. The number of phenols is 1. The van der Waals surface area contributed by atoms with Gasteiger partial charge in [0.2, 0.25) is 5.75 Å². The molecular formula is C14H14FN3O3. The molecule has 2 heterocycles. The van der Waals surface area contributed by atoms with Crippen LogP contribution in [-0.4, -0.2) is 28.1 Å². The molecule has 0 unspecified atom stereocenters. The molecule has 1 aromatic carbocycles. The Bertz CT molecular complexity index is 714. The first-order chi connectivity index (χ1) is 10.1. The SMILES string of the molecule is O=[N+]([O-])c1cc(F)c2c(N3CCCCC3)ccnc2c1O. The van der Waals surface area contributed by atoms with Crippen LogP contribution in [0.2, 0.25) is 0 Å². The summed E-state index contributed by atoms with van der Waals surface area (Å²) in [7, 11) is 0. The summed E-state index contributed by atoms with van der Waals surface area (Å²) in [5.74, 6) is -1.32. The average Bonchev–Trinajstić information content (AvgIpc) is 2.51. The molecule has 1 saturated heterocycles. The van der Waals surface area contributed by atoms with Crippen molar-refractivity contribution in [3.05, 3.63) is 34.3 Å². The molecule has 1 N–H and O–H groups in total. The zero-order chi connectivity index (χ0) is 15.0. The molecule has 0 bridgehead atoms. The van der Waals surface area contributed by atoms with Crippen molar-refractivity contribution in [2.45, 2.75) is 19.3 Å². The highest BCUT2D eigenvalue weighted by molar-refractivity contribution is 5.97. The van der Waals surface area contributed by atoms with Gasteiger partial charge in [0, 0.05) is 19.3 Å². The molecule has 7 heteroatoms. The van der Waals surface area contributed by atoms with Crippen molar-refractivity contribution in [1.29, 1.82) is 0 Å². The second-order valence-corrected chi connectivity index (χ2v) is 5.08. The third-order valence-corrected chi connectivity index (χ3v) is 3.79. The first kappa shape index (κ1) is 13.5. The van der Waals surface area contributed by atoms with Crippen LogP contribution in [0.1, 0.15) is 19.3 Å². The van der Waals surface area contributed by atoms with Gasteiger partial charge >= 0.3 is 5.69 Å². The fourth-order valence-electron chi connectivity index (χ4n) is 2.79. The minimum Gasteiger partial charge on any atom is -0.501 e. The summed E-state index contributed by atoms with van der Waals surface area (Å²) in [6, 6.07) is 2.44. The molecule has 2 aromatic rings. The fourth-order valence-corrected chi connectivity index (χ4v) is 2.79. The minimum atomic E-state index is -0.812. The van der Waals surface area contributed by atoms with E-state index in [0.717, 1.165) is 38.4 Å². The number of halogens is 1. The maximum Gasteiger partial charge on any atom is 0.315 e. The summed E-state index contributed by atoms with van der Waals surface area (Å²) in [5.41, 5.74) is -0.101. The van der Waals surface area contributed by atoms with Gasteiger partial charge < -0.3 is 10.0 Å². The Kier molecular flexibility index (Phi) is 3.32. The molecule has 0 saturated carbocycles. The highest BCUT2D eigenvalue weighted by atomic mass is 19.1. The Balaban J connectivity index is 2.23. The van der Waals surface area contributed by atoms with Crippen molar-refractivity contribution in [1.82, 2.24) is 4.98 Å². The van der Waals surface area contributed by atoms with E-state index in [2.05, 4.69) is 4.98 Å². The molecule has 0 spiro atoms. The number of piperidine rings is 1. The average molecular weight is 291 g/mol. The van der Waals surface area contributed by atoms with E-state index in [4.69, 9.17) is 0 Å². The number of benzene rings is 1. The predicted octanol–water partition coefficient (Wildman–Crippen LogP) is 2.98. The van der Waals surface area contributed by atoms with Gasteiger partial charge in [-0.2, -0.15) is 0 Å². The number of nitro groups is 1. The summed E-state index contributed by atoms with van der Waals surface area (Å²) >= 11 is 0. The summed E-state index contributed by atoms with van der Waals surface area (Å²) in [5, 5.41) is 21.0. The highest BCUT2D eigenvalue weighted by Gasteiger charge is 2.24. The predicted molar refractivity (Wildman–Crippen MR) is 76.1 cm³/mol. The molecular weight excluding hydrogens is 277 g/mol. The molecule has 1 fully saturated rings. The van der Waals surface area contributed by atoms with E-state index in [1.165, 1.54) is 6.20 Å². The van der Waals surface area contributed by atoms with Gasteiger partial charge in [0.1, 0.15) is 11.3 Å². The summed E-state index contributed by atoms with van der Waals surface area (Å²) in [6.45, 7) is 1.60. The van der Waals surface area contributed by atoms with E-state index in [-0.39, 0.29) is 10.9 Å². The molecule has 1 aromatic heterocycles. The van der Waals surface area contributed by atoms with E-state index < -0.39 is 22.2 Å². The molecule has 6 nitrogen and oxygen atoms in total. The molecule has 110 valence electrons. The number of hydrogen-bond acceptors (Lipinski definition) is 5. The largest absolute Gasteiger partial charge is 0.501 e.